The van der Waals surface area contributed by atoms with E-state index in [0.29, 0.717) is 34.3 Å². The number of ether oxygens (including phenoxy) is 1. The number of nitrogens with one attached hydrogen (secondary N) is 1. The Morgan fingerprint density at radius 2 is 1.90 bits per heavy atom. The molecule has 29 heavy (non-hydrogen) atoms. The Labute approximate surface area is 173 Å². The smallest absolute Gasteiger partial charge is 0.228 e. The van der Waals surface area contributed by atoms with Crippen molar-refractivity contribution in [3.63, 3.8) is 0 Å². The molecule has 1 aromatic heterocycles. The molecule has 1 heterocycles. The van der Waals surface area contributed by atoms with E-state index in [1.807, 2.05) is 55.5 Å². The summed E-state index contributed by atoms with van der Waals surface area (Å²) in [5, 5.41) is 3.47. The van der Waals surface area contributed by atoms with Crippen molar-refractivity contribution in [1.29, 1.82) is 0 Å². The molecule has 0 aliphatic heterocycles. The first-order valence-electron chi connectivity index (χ1n) is 9.29. The SMILES string of the molecule is CCOc1ccc(CC(=O)Nc2ccc3nc(-c4ccccc4Cl)oc3c2)cc1. The normalized spacial score (nSPS) is 10.8. The highest BCUT2D eigenvalue weighted by Crippen LogP contribution is 2.30. The maximum atomic E-state index is 12.4. The van der Waals surface area contributed by atoms with E-state index in [1.165, 1.54) is 0 Å². The number of halogens is 1. The van der Waals surface area contributed by atoms with E-state index in [1.54, 1.807) is 18.2 Å². The van der Waals surface area contributed by atoms with Gasteiger partial charge in [-0.1, -0.05) is 35.9 Å². The average Bonchev–Trinajstić information content (AvgIpc) is 3.13. The number of amides is 1. The fourth-order valence-corrected chi connectivity index (χ4v) is 3.23. The Hall–Kier alpha value is -3.31. The van der Waals surface area contributed by atoms with Gasteiger partial charge in [-0.05, 0) is 48.9 Å². The number of oxazole rings is 1. The summed E-state index contributed by atoms with van der Waals surface area (Å²) < 4.78 is 11.3. The quantitative estimate of drug-likeness (QED) is 0.444. The van der Waals surface area contributed by atoms with E-state index in [0.717, 1.165) is 16.9 Å². The van der Waals surface area contributed by atoms with Crippen LogP contribution in [0.5, 0.6) is 5.75 Å². The van der Waals surface area contributed by atoms with Crippen LogP contribution in [0.3, 0.4) is 0 Å². The minimum Gasteiger partial charge on any atom is -0.494 e. The maximum Gasteiger partial charge on any atom is 0.228 e. The van der Waals surface area contributed by atoms with Crippen LogP contribution in [0.2, 0.25) is 5.02 Å². The van der Waals surface area contributed by atoms with Gasteiger partial charge >= 0.3 is 0 Å². The van der Waals surface area contributed by atoms with Gasteiger partial charge in [0.05, 0.1) is 23.6 Å². The number of anilines is 1. The molecule has 1 N–H and O–H groups in total. The summed E-state index contributed by atoms with van der Waals surface area (Å²) in [5.41, 5.74) is 3.57. The second kappa shape index (κ2) is 8.37. The minimum absolute atomic E-state index is 0.112. The molecule has 5 nitrogen and oxygen atoms in total. The van der Waals surface area contributed by atoms with Crippen molar-refractivity contribution < 1.29 is 13.9 Å². The van der Waals surface area contributed by atoms with Crippen LogP contribution in [-0.4, -0.2) is 17.5 Å². The average molecular weight is 407 g/mol. The molecule has 0 unspecified atom stereocenters. The molecule has 0 aliphatic rings. The second-order valence-electron chi connectivity index (χ2n) is 6.48. The van der Waals surface area contributed by atoms with Crippen LogP contribution in [0.1, 0.15) is 12.5 Å². The molecule has 0 bridgehead atoms. The number of carbonyl (C=O) groups is 1. The van der Waals surface area contributed by atoms with Crippen LogP contribution >= 0.6 is 11.6 Å². The van der Waals surface area contributed by atoms with Crippen molar-refractivity contribution in [2.75, 3.05) is 11.9 Å². The molecule has 1 amide bonds. The molecule has 146 valence electrons. The van der Waals surface area contributed by atoms with Crippen molar-refractivity contribution in [2.24, 2.45) is 0 Å². The topological polar surface area (TPSA) is 64.4 Å². The summed E-state index contributed by atoms with van der Waals surface area (Å²) in [5.74, 6) is 1.13. The maximum absolute atomic E-state index is 12.4. The predicted octanol–water partition coefficient (Wildman–Crippen LogP) is 5.73. The van der Waals surface area contributed by atoms with Gasteiger partial charge < -0.3 is 14.5 Å². The molecular formula is C23H19ClN2O3. The number of nitrogens with zero attached hydrogens (tertiary/aromatic N) is 1. The minimum atomic E-state index is -0.112. The molecular weight excluding hydrogens is 388 g/mol. The lowest BCUT2D eigenvalue weighted by Gasteiger charge is -2.06. The third-order valence-corrected chi connectivity index (χ3v) is 4.71. The number of rotatable bonds is 6. The Balaban J connectivity index is 1.48. The number of hydrogen-bond acceptors (Lipinski definition) is 4. The van der Waals surface area contributed by atoms with Gasteiger partial charge in [0.25, 0.3) is 0 Å². The summed E-state index contributed by atoms with van der Waals surface area (Å²) in [4.78, 5) is 16.9. The Bertz CT molecular complexity index is 1150. The van der Waals surface area contributed by atoms with Crippen molar-refractivity contribution in [2.45, 2.75) is 13.3 Å². The first-order valence-corrected chi connectivity index (χ1v) is 9.67. The van der Waals surface area contributed by atoms with Crippen molar-refractivity contribution in [3.8, 4) is 17.2 Å². The van der Waals surface area contributed by atoms with Gasteiger partial charge in [-0.15, -0.1) is 0 Å². The molecule has 0 saturated heterocycles. The summed E-state index contributed by atoms with van der Waals surface area (Å²) in [7, 11) is 0. The van der Waals surface area contributed by atoms with Crippen LogP contribution in [-0.2, 0) is 11.2 Å². The van der Waals surface area contributed by atoms with Crippen LogP contribution < -0.4 is 10.1 Å². The van der Waals surface area contributed by atoms with Crippen molar-refractivity contribution >= 4 is 34.3 Å². The summed E-state index contributed by atoms with van der Waals surface area (Å²) in [6.07, 6.45) is 0.270. The van der Waals surface area contributed by atoms with Gasteiger partial charge in [0, 0.05) is 11.8 Å². The van der Waals surface area contributed by atoms with E-state index in [9.17, 15) is 4.79 Å². The molecule has 6 heteroatoms. The lowest BCUT2D eigenvalue weighted by atomic mass is 10.1. The van der Waals surface area contributed by atoms with Crippen molar-refractivity contribution in [3.05, 3.63) is 77.3 Å². The molecule has 0 spiro atoms. The first kappa shape index (κ1) is 19.0. The van der Waals surface area contributed by atoms with E-state index >= 15 is 0 Å². The second-order valence-corrected chi connectivity index (χ2v) is 6.89. The lowest BCUT2D eigenvalue weighted by molar-refractivity contribution is -0.115. The van der Waals surface area contributed by atoms with Gasteiger partial charge in [0.15, 0.2) is 5.58 Å². The number of fused-ring (bicyclic) bond motifs is 1. The first-order chi connectivity index (χ1) is 14.1. The lowest BCUT2D eigenvalue weighted by Crippen LogP contribution is -2.14. The third-order valence-electron chi connectivity index (χ3n) is 4.38. The van der Waals surface area contributed by atoms with Gasteiger partial charge in [-0.2, -0.15) is 0 Å². The number of hydrogen-bond donors (Lipinski definition) is 1. The zero-order valence-corrected chi connectivity index (χ0v) is 16.6. The fourth-order valence-electron chi connectivity index (χ4n) is 3.01. The summed E-state index contributed by atoms with van der Waals surface area (Å²) in [6.45, 7) is 2.55. The fraction of sp³-hybridized carbons (Fsp3) is 0.130. The van der Waals surface area contributed by atoms with Gasteiger partial charge in [-0.25, -0.2) is 4.98 Å². The van der Waals surface area contributed by atoms with Crippen LogP contribution in [0, 0.1) is 0 Å². The highest BCUT2D eigenvalue weighted by Gasteiger charge is 2.12. The van der Waals surface area contributed by atoms with Crippen LogP contribution in [0.15, 0.2) is 71.1 Å². The molecule has 3 aromatic carbocycles. The van der Waals surface area contributed by atoms with E-state index in [4.69, 9.17) is 20.8 Å². The zero-order chi connectivity index (χ0) is 20.2. The Kier molecular flexibility index (Phi) is 5.49. The standard InChI is InChI=1S/C23H19ClN2O3/c1-2-28-17-10-7-15(8-11-17)13-22(27)25-16-9-12-20-21(14-16)29-23(26-20)18-5-3-4-6-19(18)24/h3-12,14H,2,13H2,1H3,(H,25,27). The number of aromatic nitrogens is 1. The highest BCUT2D eigenvalue weighted by atomic mass is 35.5. The molecule has 4 aromatic rings. The van der Waals surface area contributed by atoms with E-state index < -0.39 is 0 Å². The largest absolute Gasteiger partial charge is 0.494 e. The third kappa shape index (κ3) is 4.41. The molecule has 4 rings (SSSR count). The molecule has 0 atom stereocenters. The van der Waals surface area contributed by atoms with Crippen molar-refractivity contribution in [1.82, 2.24) is 4.98 Å². The molecule has 0 radical (unpaired) electrons. The summed E-state index contributed by atoms with van der Waals surface area (Å²) in [6, 6.07) is 20.3. The zero-order valence-electron chi connectivity index (χ0n) is 15.8. The summed E-state index contributed by atoms with van der Waals surface area (Å²) >= 11 is 6.23. The Morgan fingerprint density at radius 1 is 1.10 bits per heavy atom. The Morgan fingerprint density at radius 3 is 2.66 bits per heavy atom. The van der Waals surface area contributed by atoms with Gasteiger partial charge in [-0.3, -0.25) is 4.79 Å². The molecule has 0 saturated carbocycles. The molecule has 0 aliphatic carbocycles. The van der Waals surface area contributed by atoms with Gasteiger partial charge in [0.1, 0.15) is 11.3 Å². The predicted molar refractivity (Wildman–Crippen MR) is 114 cm³/mol. The number of benzene rings is 3. The van der Waals surface area contributed by atoms with Crippen LogP contribution in [0.4, 0.5) is 5.69 Å². The van der Waals surface area contributed by atoms with E-state index in [-0.39, 0.29) is 12.3 Å². The number of carbonyl (C=O) groups excluding carboxylic acids is 1. The van der Waals surface area contributed by atoms with E-state index in [2.05, 4.69) is 10.3 Å². The van der Waals surface area contributed by atoms with Gasteiger partial charge in [0.2, 0.25) is 11.8 Å². The van der Waals surface area contributed by atoms with Crippen LogP contribution in [0.25, 0.3) is 22.6 Å². The highest BCUT2D eigenvalue weighted by molar-refractivity contribution is 6.33. The molecule has 0 fully saturated rings. The monoisotopic (exact) mass is 406 g/mol.